The number of fused-ring (bicyclic) bond motifs is 1. The van der Waals surface area contributed by atoms with Gasteiger partial charge in [0, 0.05) is 31.7 Å². The summed E-state index contributed by atoms with van der Waals surface area (Å²) in [6, 6.07) is 10.2. The minimum absolute atomic E-state index is 0.262. The maximum absolute atomic E-state index is 12.6. The third-order valence-corrected chi connectivity index (χ3v) is 5.18. The molecule has 25 heavy (non-hydrogen) atoms. The van der Waals surface area contributed by atoms with Gasteiger partial charge in [0.15, 0.2) is 5.82 Å². The van der Waals surface area contributed by atoms with Crippen LogP contribution in [-0.4, -0.2) is 56.7 Å². The second kappa shape index (κ2) is 7.35. The van der Waals surface area contributed by atoms with E-state index in [1.807, 2.05) is 23.1 Å². The third kappa shape index (κ3) is 3.58. The number of carbonyl (C=O) groups excluding carboxylic acids is 1. The lowest BCUT2D eigenvalue weighted by atomic mass is 10.2. The van der Waals surface area contributed by atoms with Gasteiger partial charge in [-0.3, -0.25) is 9.69 Å². The minimum atomic E-state index is 0.262. The van der Waals surface area contributed by atoms with Crippen LogP contribution in [-0.2, 0) is 17.9 Å². The van der Waals surface area contributed by atoms with E-state index < -0.39 is 0 Å². The topological polar surface area (TPSA) is 54.3 Å². The van der Waals surface area contributed by atoms with E-state index in [1.165, 1.54) is 12.8 Å². The number of benzene rings is 1. The van der Waals surface area contributed by atoms with Crippen molar-refractivity contribution >= 4 is 5.91 Å². The standard InChI is InChI=1S/C19H25N5O/c25-18(23-10-6-1-2-7-11-23)15-22-12-13-24-17(14-22)20-21-19(24)16-8-4-3-5-9-16/h3-5,8-9H,1-2,6-7,10-15H2. The SMILES string of the molecule is O=C(CN1CCn2c(nnc2-c2ccccc2)C1)N1CCCCCC1. The van der Waals surface area contributed by atoms with Crippen molar-refractivity contribution in [2.45, 2.75) is 38.8 Å². The van der Waals surface area contributed by atoms with E-state index in [0.29, 0.717) is 13.1 Å². The highest BCUT2D eigenvalue weighted by atomic mass is 16.2. The van der Waals surface area contributed by atoms with Gasteiger partial charge in [-0.2, -0.15) is 0 Å². The molecule has 3 heterocycles. The molecule has 132 valence electrons. The molecule has 2 aliphatic rings. The summed E-state index contributed by atoms with van der Waals surface area (Å²) >= 11 is 0. The Balaban J connectivity index is 1.42. The summed E-state index contributed by atoms with van der Waals surface area (Å²) in [7, 11) is 0. The summed E-state index contributed by atoms with van der Waals surface area (Å²) in [6.07, 6.45) is 4.78. The fourth-order valence-corrected chi connectivity index (χ4v) is 3.75. The molecule has 0 saturated carbocycles. The van der Waals surface area contributed by atoms with Gasteiger partial charge < -0.3 is 9.47 Å². The van der Waals surface area contributed by atoms with Crippen molar-refractivity contribution in [2.75, 3.05) is 26.2 Å². The number of rotatable bonds is 3. The van der Waals surface area contributed by atoms with Crippen molar-refractivity contribution < 1.29 is 4.79 Å². The Hall–Kier alpha value is -2.21. The number of carbonyl (C=O) groups is 1. The first kappa shape index (κ1) is 16.3. The monoisotopic (exact) mass is 339 g/mol. The molecule has 0 bridgehead atoms. The Bertz CT molecular complexity index is 719. The van der Waals surface area contributed by atoms with Crippen LogP contribution in [0.1, 0.15) is 31.5 Å². The van der Waals surface area contributed by atoms with E-state index in [0.717, 1.165) is 56.2 Å². The molecule has 0 radical (unpaired) electrons. The Morgan fingerprint density at radius 1 is 0.920 bits per heavy atom. The largest absolute Gasteiger partial charge is 0.342 e. The summed E-state index contributed by atoms with van der Waals surface area (Å²) in [5.74, 6) is 2.14. The van der Waals surface area contributed by atoms with E-state index in [-0.39, 0.29) is 5.91 Å². The van der Waals surface area contributed by atoms with Gasteiger partial charge in [-0.05, 0) is 12.8 Å². The van der Waals surface area contributed by atoms with Gasteiger partial charge in [-0.25, -0.2) is 0 Å². The minimum Gasteiger partial charge on any atom is -0.342 e. The van der Waals surface area contributed by atoms with Crippen molar-refractivity contribution in [2.24, 2.45) is 0 Å². The third-order valence-electron chi connectivity index (χ3n) is 5.18. The zero-order valence-corrected chi connectivity index (χ0v) is 14.6. The Morgan fingerprint density at radius 2 is 1.68 bits per heavy atom. The van der Waals surface area contributed by atoms with Crippen LogP contribution in [0.4, 0.5) is 0 Å². The van der Waals surface area contributed by atoms with Crippen LogP contribution in [0.15, 0.2) is 30.3 Å². The van der Waals surface area contributed by atoms with Gasteiger partial charge in [0.25, 0.3) is 0 Å². The Kier molecular flexibility index (Phi) is 4.78. The quantitative estimate of drug-likeness (QED) is 0.860. The van der Waals surface area contributed by atoms with Gasteiger partial charge in [0.1, 0.15) is 5.82 Å². The number of amides is 1. The first-order valence-corrected chi connectivity index (χ1v) is 9.29. The second-order valence-corrected chi connectivity index (χ2v) is 6.96. The van der Waals surface area contributed by atoms with E-state index in [2.05, 4.69) is 31.8 Å². The zero-order valence-electron chi connectivity index (χ0n) is 14.6. The zero-order chi connectivity index (χ0) is 17.1. The van der Waals surface area contributed by atoms with Gasteiger partial charge >= 0.3 is 0 Å². The van der Waals surface area contributed by atoms with E-state index in [1.54, 1.807) is 0 Å². The van der Waals surface area contributed by atoms with Crippen molar-refractivity contribution in [3.05, 3.63) is 36.2 Å². The molecule has 1 fully saturated rings. The van der Waals surface area contributed by atoms with Crippen LogP contribution in [0, 0.1) is 0 Å². The molecule has 1 amide bonds. The number of likely N-dealkylation sites (tertiary alicyclic amines) is 1. The predicted molar refractivity (Wildman–Crippen MR) is 95.8 cm³/mol. The average Bonchev–Trinajstić information content (AvgIpc) is 2.87. The van der Waals surface area contributed by atoms with E-state index in [4.69, 9.17) is 0 Å². The maximum atomic E-state index is 12.6. The molecule has 4 rings (SSSR count). The van der Waals surface area contributed by atoms with Gasteiger partial charge in [-0.1, -0.05) is 43.2 Å². The predicted octanol–water partition coefficient (Wildman–Crippen LogP) is 2.16. The molecule has 0 aliphatic carbocycles. The Morgan fingerprint density at radius 3 is 2.44 bits per heavy atom. The molecular formula is C19H25N5O. The number of aromatic nitrogens is 3. The lowest BCUT2D eigenvalue weighted by Gasteiger charge is -2.29. The fourth-order valence-electron chi connectivity index (χ4n) is 3.75. The van der Waals surface area contributed by atoms with Crippen LogP contribution >= 0.6 is 0 Å². The molecule has 0 unspecified atom stereocenters. The van der Waals surface area contributed by atoms with Crippen LogP contribution in [0.3, 0.4) is 0 Å². The highest BCUT2D eigenvalue weighted by Gasteiger charge is 2.25. The van der Waals surface area contributed by atoms with Gasteiger partial charge in [0.2, 0.25) is 5.91 Å². The summed E-state index contributed by atoms with van der Waals surface area (Å²) < 4.78 is 2.18. The molecule has 0 atom stereocenters. The van der Waals surface area contributed by atoms with Crippen LogP contribution in [0.5, 0.6) is 0 Å². The maximum Gasteiger partial charge on any atom is 0.236 e. The summed E-state index contributed by atoms with van der Waals surface area (Å²) in [5, 5.41) is 8.74. The van der Waals surface area contributed by atoms with Gasteiger partial charge in [0.05, 0.1) is 13.1 Å². The summed E-state index contributed by atoms with van der Waals surface area (Å²) in [5.41, 5.74) is 1.09. The number of nitrogens with zero attached hydrogens (tertiary/aromatic N) is 5. The van der Waals surface area contributed by atoms with Crippen LogP contribution in [0.2, 0.25) is 0 Å². The first-order valence-electron chi connectivity index (χ1n) is 9.29. The van der Waals surface area contributed by atoms with E-state index in [9.17, 15) is 4.79 Å². The lowest BCUT2D eigenvalue weighted by molar-refractivity contribution is -0.132. The van der Waals surface area contributed by atoms with Crippen molar-refractivity contribution in [1.82, 2.24) is 24.6 Å². The molecule has 6 heteroatoms. The summed E-state index contributed by atoms with van der Waals surface area (Å²) in [4.78, 5) is 16.8. The smallest absolute Gasteiger partial charge is 0.236 e. The Labute approximate surface area is 148 Å². The average molecular weight is 339 g/mol. The number of hydrogen-bond acceptors (Lipinski definition) is 4. The van der Waals surface area contributed by atoms with Crippen LogP contribution < -0.4 is 0 Å². The lowest BCUT2D eigenvalue weighted by Crippen LogP contribution is -2.43. The molecule has 1 saturated heterocycles. The number of hydrogen-bond donors (Lipinski definition) is 0. The highest BCUT2D eigenvalue weighted by molar-refractivity contribution is 5.78. The molecule has 2 aromatic rings. The molecule has 0 N–H and O–H groups in total. The molecular weight excluding hydrogens is 314 g/mol. The normalized spacial score (nSPS) is 18.6. The summed E-state index contributed by atoms with van der Waals surface area (Å²) in [6.45, 7) is 4.72. The fraction of sp³-hybridized carbons (Fsp3) is 0.526. The van der Waals surface area contributed by atoms with Crippen molar-refractivity contribution in [3.63, 3.8) is 0 Å². The molecule has 1 aromatic heterocycles. The second-order valence-electron chi connectivity index (χ2n) is 6.96. The van der Waals surface area contributed by atoms with Crippen molar-refractivity contribution in [3.8, 4) is 11.4 Å². The molecule has 6 nitrogen and oxygen atoms in total. The van der Waals surface area contributed by atoms with Crippen molar-refractivity contribution in [1.29, 1.82) is 0 Å². The first-order chi connectivity index (χ1) is 12.3. The highest BCUT2D eigenvalue weighted by Crippen LogP contribution is 2.21. The van der Waals surface area contributed by atoms with Gasteiger partial charge in [-0.15, -0.1) is 10.2 Å². The van der Waals surface area contributed by atoms with Crippen LogP contribution in [0.25, 0.3) is 11.4 Å². The molecule has 1 aromatic carbocycles. The molecule has 0 spiro atoms. The van der Waals surface area contributed by atoms with E-state index >= 15 is 0 Å². The molecule has 2 aliphatic heterocycles.